The number of carbonyl (C=O) groups excluding carboxylic acids is 1. The maximum absolute atomic E-state index is 14.2. The van der Waals surface area contributed by atoms with Crippen LogP contribution in [0.1, 0.15) is 50.7 Å². The number of rotatable bonds is 10. The first kappa shape index (κ1) is 28.6. The average molecular weight is 653 g/mol. The summed E-state index contributed by atoms with van der Waals surface area (Å²) in [6, 6.07) is 35.8. The molecular weight excluding hydrogens is 617 g/mol. The van der Waals surface area contributed by atoms with Crippen molar-refractivity contribution >= 4 is 42.5 Å². The number of hydrogen-bond acceptors (Lipinski definition) is 1. The van der Waals surface area contributed by atoms with E-state index in [1.807, 2.05) is 12.1 Å². The molecule has 0 aliphatic heterocycles. The predicted molar refractivity (Wildman–Crippen MR) is 167 cm³/mol. The van der Waals surface area contributed by atoms with Crippen LogP contribution in [0.5, 0.6) is 0 Å². The Hall–Kier alpha value is -1.97. The number of hydrogen-bond donors (Lipinski definition) is 1. The second-order valence-corrected chi connectivity index (χ2v) is 46.0. The number of halogens is 2. The summed E-state index contributed by atoms with van der Waals surface area (Å²) in [5.74, 6) is -2.47. The molecule has 1 amide bonds. The molecule has 201 valence electrons. The van der Waals surface area contributed by atoms with E-state index in [0.29, 0.717) is 0 Å². The molecule has 0 saturated heterocycles. The monoisotopic (exact) mass is 650 g/mol. The van der Waals surface area contributed by atoms with Gasteiger partial charge in [0.2, 0.25) is 0 Å². The van der Waals surface area contributed by atoms with Gasteiger partial charge in [-0.25, -0.2) is 0 Å². The molecule has 4 aromatic rings. The van der Waals surface area contributed by atoms with Crippen molar-refractivity contribution < 1.29 is 20.6 Å². The summed E-state index contributed by atoms with van der Waals surface area (Å²) in [4.78, 5) is 14.2. The standard InChI is InChI=1S/C13H9.C12H11Si.C8H17NO.2ClH.Zr/c1-3-7-12-10(5-1)9-11-6-2-4-8-13(11)12;1-3-7-11(8-4-1)13-12-9-5-2-6-10-12;1-3-5-6-7(4-2)8(9)10;;;/h1-5,7-8H,9H2;1-10,13H;7H,3-6H2,1-2H3,(H2,9,10);2*1H;/q;;;;;+3/p-3. The summed E-state index contributed by atoms with van der Waals surface area (Å²) >= 11 is -5.41. The summed E-state index contributed by atoms with van der Waals surface area (Å²) in [5.41, 5.74) is 4.88. The van der Waals surface area contributed by atoms with Gasteiger partial charge in [0, 0.05) is 0 Å². The van der Waals surface area contributed by atoms with Gasteiger partial charge in [0.1, 0.15) is 0 Å². The van der Waals surface area contributed by atoms with Crippen LogP contribution in [0.25, 0.3) is 11.1 Å². The quantitative estimate of drug-likeness (QED) is 0.168. The summed E-state index contributed by atoms with van der Waals surface area (Å²) in [6.07, 6.45) is 4.46. The fraction of sp³-hybridized carbons (Fsp3) is 0.242. The van der Waals surface area contributed by atoms with Crippen molar-refractivity contribution in [3.8, 4) is 11.1 Å². The molecule has 1 aliphatic carbocycles. The number of carbonyl (C=O) groups is 1. The van der Waals surface area contributed by atoms with Crippen molar-refractivity contribution in [3.05, 3.63) is 114 Å². The molecule has 4 aromatic carbocycles. The van der Waals surface area contributed by atoms with Crippen molar-refractivity contribution in [2.24, 2.45) is 5.92 Å². The van der Waals surface area contributed by atoms with Crippen LogP contribution in [-0.2, 0) is 27.1 Å². The van der Waals surface area contributed by atoms with Crippen LogP contribution in [0.4, 0.5) is 0 Å². The first-order valence-electron chi connectivity index (χ1n) is 14.1. The van der Waals surface area contributed by atoms with Gasteiger partial charge in [-0.3, -0.25) is 0 Å². The van der Waals surface area contributed by atoms with Crippen LogP contribution in [0.2, 0.25) is 0 Å². The van der Waals surface area contributed by atoms with Crippen LogP contribution in [0, 0.1) is 5.92 Å². The van der Waals surface area contributed by atoms with E-state index in [9.17, 15) is 4.79 Å². The van der Waals surface area contributed by atoms with E-state index >= 15 is 0 Å². The summed E-state index contributed by atoms with van der Waals surface area (Å²) in [6.45, 7) is 4.25. The summed E-state index contributed by atoms with van der Waals surface area (Å²) < 4.78 is 4.56. The zero-order chi connectivity index (χ0) is 27.5. The molecule has 0 saturated carbocycles. The molecular formula is C33H36Cl2NOSiZr. The topological polar surface area (TPSA) is 29.1 Å². The molecule has 0 bridgehead atoms. The molecule has 0 heterocycles. The van der Waals surface area contributed by atoms with Crippen molar-refractivity contribution in [2.45, 2.75) is 46.0 Å². The normalized spacial score (nSPS) is 14.2. The number of amides is 1. The Kier molecular flexibility index (Phi) is 8.69. The Bertz CT molecular complexity index is 1420. The van der Waals surface area contributed by atoms with Crippen LogP contribution >= 0.6 is 17.0 Å². The number of unbranched alkanes of at least 4 members (excludes halogenated alkanes) is 1. The maximum atomic E-state index is 14.2. The summed E-state index contributed by atoms with van der Waals surface area (Å²) in [7, 11) is 16.4. The molecule has 0 fully saturated rings. The van der Waals surface area contributed by atoms with Crippen molar-refractivity contribution in [1.29, 1.82) is 0 Å². The molecule has 0 radical (unpaired) electrons. The van der Waals surface area contributed by atoms with E-state index in [-0.39, 0.29) is 11.8 Å². The molecule has 2 nitrogen and oxygen atoms in total. The van der Waals surface area contributed by atoms with E-state index in [4.69, 9.17) is 17.0 Å². The summed E-state index contributed by atoms with van der Waals surface area (Å²) in [5, 5.41) is 2.32. The van der Waals surface area contributed by atoms with Gasteiger partial charge in [0.05, 0.1) is 0 Å². The molecule has 1 aliphatic rings. The third-order valence-electron chi connectivity index (χ3n) is 8.24. The van der Waals surface area contributed by atoms with Crippen LogP contribution in [0.15, 0.2) is 103 Å². The van der Waals surface area contributed by atoms with Crippen LogP contribution in [-0.4, -0.2) is 11.8 Å². The van der Waals surface area contributed by atoms with Gasteiger partial charge in [-0.2, -0.15) is 0 Å². The Morgan fingerprint density at radius 3 is 2.03 bits per heavy atom. The molecule has 0 spiro atoms. The van der Waals surface area contributed by atoms with Gasteiger partial charge in [-0.1, -0.05) is 0 Å². The van der Waals surface area contributed by atoms with E-state index in [1.54, 1.807) is 0 Å². The van der Waals surface area contributed by atoms with Gasteiger partial charge < -0.3 is 0 Å². The van der Waals surface area contributed by atoms with E-state index < -0.39 is 21.8 Å². The predicted octanol–water partition coefficient (Wildman–Crippen LogP) is 6.67. The van der Waals surface area contributed by atoms with Gasteiger partial charge >= 0.3 is 244 Å². The Labute approximate surface area is 242 Å². The van der Waals surface area contributed by atoms with Crippen molar-refractivity contribution in [2.75, 3.05) is 0 Å². The van der Waals surface area contributed by atoms with Gasteiger partial charge in [0.15, 0.2) is 0 Å². The minimum atomic E-state index is -5.41. The molecule has 39 heavy (non-hydrogen) atoms. The van der Waals surface area contributed by atoms with E-state index in [1.165, 1.54) is 22.3 Å². The second kappa shape index (κ2) is 11.9. The van der Waals surface area contributed by atoms with Crippen molar-refractivity contribution in [3.63, 3.8) is 0 Å². The number of nitrogens with one attached hydrogen (secondary N) is 1. The molecule has 1 unspecified atom stereocenters. The van der Waals surface area contributed by atoms with Crippen LogP contribution < -0.4 is 16.9 Å². The zero-order valence-corrected chi connectivity index (χ0v) is 27.8. The molecule has 6 heteroatoms. The third kappa shape index (κ3) is 5.51. The first-order chi connectivity index (χ1) is 18.9. The Morgan fingerprint density at radius 2 is 1.41 bits per heavy atom. The zero-order valence-electron chi connectivity index (χ0n) is 22.7. The molecule has 0 aromatic heterocycles. The van der Waals surface area contributed by atoms with Crippen LogP contribution in [0.3, 0.4) is 0 Å². The average Bonchev–Trinajstić information content (AvgIpc) is 3.33. The number of fused-ring (bicyclic) bond motifs is 3. The van der Waals surface area contributed by atoms with Gasteiger partial charge in [-0.15, -0.1) is 0 Å². The van der Waals surface area contributed by atoms with Gasteiger partial charge in [0.25, 0.3) is 0 Å². The molecule has 5 rings (SSSR count). The second-order valence-electron chi connectivity index (χ2n) is 10.7. The van der Waals surface area contributed by atoms with E-state index in [2.05, 4.69) is 108 Å². The van der Waals surface area contributed by atoms with E-state index in [0.717, 1.165) is 45.7 Å². The fourth-order valence-electron chi connectivity index (χ4n) is 6.25. The number of benzene rings is 4. The van der Waals surface area contributed by atoms with Crippen molar-refractivity contribution in [1.82, 2.24) is 3.26 Å². The minimum absolute atomic E-state index is 0.0130. The SMILES string of the molecule is CCCCC(CC)C(=O)[NH][Zr]([Cl])([Cl])([c]1cccc2c1Cc1ccccc1-2)[SiH](c1ccccc1)c1ccccc1. The van der Waals surface area contributed by atoms with Gasteiger partial charge in [-0.05, 0) is 0 Å². The fourth-order valence-corrected chi connectivity index (χ4v) is 43.7. The first-order valence-corrected chi connectivity index (χ1v) is 28.8. The third-order valence-corrected chi connectivity index (χ3v) is 43.0. The molecule has 1 N–H and O–H groups in total. The molecule has 1 atom stereocenters. The Balaban J connectivity index is 1.76. The Morgan fingerprint density at radius 1 is 0.821 bits per heavy atom.